The van der Waals surface area contributed by atoms with E-state index in [-0.39, 0.29) is 18.4 Å². The molecule has 1 aliphatic rings. The molecule has 1 aromatic carbocycles. The Labute approximate surface area is 185 Å². The Morgan fingerprint density at radius 1 is 1.10 bits per heavy atom. The number of esters is 1. The molecule has 0 bridgehead atoms. The normalized spacial score (nSPS) is 17.3. The largest absolute Gasteiger partial charge is 0.427 e. The summed E-state index contributed by atoms with van der Waals surface area (Å²) in [5.74, 6) is 0.871. The first-order valence-corrected chi connectivity index (χ1v) is 11.5. The quantitative estimate of drug-likeness (QED) is 0.269. The number of carbonyl (C=O) groups excluding carboxylic acids is 1. The van der Waals surface area contributed by atoms with Crippen LogP contribution in [0.25, 0.3) is 11.4 Å². The molecule has 0 spiro atoms. The van der Waals surface area contributed by atoms with Crippen molar-refractivity contribution in [2.75, 3.05) is 6.61 Å². The lowest BCUT2D eigenvalue weighted by atomic mass is 10.1. The van der Waals surface area contributed by atoms with E-state index in [1.165, 1.54) is 32.6 Å². The highest BCUT2D eigenvalue weighted by Gasteiger charge is 2.16. The average Bonchev–Trinajstić information content (AvgIpc) is 2.77. The van der Waals surface area contributed by atoms with Crippen molar-refractivity contribution < 1.29 is 19.0 Å². The second kappa shape index (κ2) is 12.5. The number of rotatable bonds is 11. The lowest BCUT2D eigenvalue weighted by Gasteiger charge is -2.26. The van der Waals surface area contributed by atoms with E-state index in [2.05, 4.69) is 16.9 Å². The van der Waals surface area contributed by atoms with Gasteiger partial charge in [0.1, 0.15) is 5.75 Å². The molecule has 3 rings (SSSR count). The Bertz CT molecular complexity index is 786. The van der Waals surface area contributed by atoms with Crippen molar-refractivity contribution in [3.05, 3.63) is 42.2 Å². The van der Waals surface area contributed by atoms with Gasteiger partial charge in [-0.15, -0.1) is 0 Å². The van der Waals surface area contributed by atoms with Gasteiger partial charge in [0, 0.05) is 31.5 Å². The first kappa shape index (κ1) is 23.4. The number of benzene rings is 1. The maximum atomic E-state index is 11.0. The first-order valence-electron chi connectivity index (χ1n) is 11.5. The van der Waals surface area contributed by atoms with E-state index in [0.717, 1.165) is 49.8 Å². The van der Waals surface area contributed by atoms with Crippen molar-refractivity contribution >= 4 is 5.97 Å². The summed E-state index contributed by atoms with van der Waals surface area (Å²) in [5.41, 5.74) is 2.06. The van der Waals surface area contributed by atoms with Crippen LogP contribution in [0.4, 0.5) is 0 Å². The molecule has 1 saturated heterocycles. The van der Waals surface area contributed by atoms with Crippen molar-refractivity contribution in [2.24, 2.45) is 0 Å². The lowest BCUT2D eigenvalue weighted by Crippen LogP contribution is -2.26. The molecule has 2 aromatic rings. The van der Waals surface area contributed by atoms with Crippen LogP contribution in [0.3, 0.4) is 0 Å². The second-order valence-electron chi connectivity index (χ2n) is 8.23. The van der Waals surface area contributed by atoms with Crippen molar-refractivity contribution in [2.45, 2.75) is 84.0 Å². The summed E-state index contributed by atoms with van der Waals surface area (Å²) >= 11 is 0. The maximum absolute atomic E-state index is 11.0. The van der Waals surface area contributed by atoms with Crippen molar-refractivity contribution in [3.8, 4) is 17.1 Å². The Balaban J connectivity index is 1.31. The molecule has 0 aliphatic carbocycles. The molecule has 6 heteroatoms. The van der Waals surface area contributed by atoms with Gasteiger partial charge >= 0.3 is 5.97 Å². The minimum atomic E-state index is -0.328. The number of aryl methyl sites for hydroxylation is 1. The van der Waals surface area contributed by atoms with E-state index in [0.29, 0.717) is 11.6 Å². The monoisotopic (exact) mass is 426 g/mol. The van der Waals surface area contributed by atoms with E-state index in [9.17, 15) is 4.79 Å². The van der Waals surface area contributed by atoms with E-state index in [4.69, 9.17) is 14.2 Å². The molecule has 0 N–H and O–H groups in total. The fourth-order valence-electron chi connectivity index (χ4n) is 3.73. The van der Waals surface area contributed by atoms with E-state index in [1.807, 2.05) is 24.5 Å². The number of hydrogen-bond donors (Lipinski definition) is 0. The van der Waals surface area contributed by atoms with Crippen LogP contribution in [-0.4, -0.2) is 34.9 Å². The highest BCUT2D eigenvalue weighted by molar-refractivity contribution is 5.69. The zero-order valence-electron chi connectivity index (χ0n) is 18.7. The lowest BCUT2D eigenvalue weighted by molar-refractivity contribution is -0.185. The molecule has 31 heavy (non-hydrogen) atoms. The SMILES string of the molecule is CC(=O)Oc1ccc(-c2ncc(CCCCCCC(C)OC3CCCCO3)cn2)cc1. The molecule has 2 unspecified atom stereocenters. The zero-order chi connectivity index (χ0) is 21.9. The number of carbonyl (C=O) groups is 1. The van der Waals surface area contributed by atoms with E-state index >= 15 is 0 Å². The molecule has 0 amide bonds. The summed E-state index contributed by atoms with van der Waals surface area (Å²) in [7, 11) is 0. The van der Waals surface area contributed by atoms with Crippen LogP contribution in [0.5, 0.6) is 5.75 Å². The molecular weight excluding hydrogens is 392 g/mol. The molecule has 168 valence electrons. The first-order chi connectivity index (χ1) is 15.1. The minimum absolute atomic E-state index is 0.0125. The minimum Gasteiger partial charge on any atom is -0.427 e. The highest BCUT2D eigenvalue weighted by Crippen LogP contribution is 2.20. The van der Waals surface area contributed by atoms with Crippen molar-refractivity contribution in [3.63, 3.8) is 0 Å². The van der Waals surface area contributed by atoms with Gasteiger partial charge in [-0.1, -0.05) is 19.3 Å². The van der Waals surface area contributed by atoms with Crippen LogP contribution in [0, 0.1) is 0 Å². The number of nitrogens with zero attached hydrogens (tertiary/aromatic N) is 2. The third-order valence-electron chi connectivity index (χ3n) is 5.43. The number of aromatic nitrogens is 2. The number of ether oxygens (including phenoxy) is 3. The van der Waals surface area contributed by atoms with Crippen LogP contribution in [0.2, 0.25) is 0 Å². The van der Waals surface area contributed by atoms with Gasteiger partial charge in [-0.2, -0.15) is 0 Å². The summed E-state index contributed by atoms with van der Waals surface area (Å²) in [6.07, 6.45) is 14.3. The standard InChI is InChI=1S/C25H34N2O4/c1-19(30-24-11-7-8-16-29-24)9-5-3-4-6-10-21-17-26-25(27-18-21)22-12-14-23(15-13-22)31-20(2)28/h12-15,17-19,24H,3-11,16H2,1-2H3. The van der Waals surface area contributed by atoms with Gasteiger partial charge in [0.15, 0.2) is 12.1 Å². The Kier molecular flexibility index (Phi) is 9.43. The Morgan fingerprint density at radius 2 is 1.84 bits per heavy atom. The number of hydrogen-bond acceptors (Lipinski definition) is 6. The van der Waals surface area contributed by atoms with E-state index < -0.39 is 0 Å². The second-order valence-corrected chi connectivity index (χ2v) is 8.23. The topological polar surface area (TPSA) is 70.5 Å². The van der Waals surface area contributed by atoms with Crippen LogP contribution in [0.15, 0.2) is 36.7 Å². The summed E-state index contributed by atoms with van der Waals surface area (Å²) < 4.78 is 16.7. The predicted octanol–water partition coefficient (Wildman–Crippen LogP) is 5.49. The smallest absolute Gasteiger partial charge is 0.308 e. The summed E-state index contributed by atoms with van der Waals surface area (Å²) in [6.45, 7) is 4.38. The molecule has 2 atom stereocenters. The molecule has 2 heterocycles. The average molecular weight is 427 g/mol. The van der Waals surface area contributed by atoms with Crippen LogP contribution in [0.1, 0.15) is 70.8 Å². The van der Waals surface area contributed by atoms with Crippen LogP contribution in [-0.2, 0) is 20.7 Å². The molecule has 0 radical (unpaired) electrons. The summed E-state index contributed by atoms with van der Waals surface area (Å²) in [6, 6.07) is 7.22. The van der Waals surface area contributed by atoms with Crippen molar-refractivity contribution in [1.82, 2.24) is 9.97 Å². The van der Waals surface area contributed by atoms with Crippen LogP contribution < -0.4 is 4.74 Å². The van der Waals surface area contributed by atoms with E-state index in [1.54, 1.807) is 12.1 Å². The summed E-state index contributed by atoms with van der Waals surface area (Å²) in [4.78, 5) is 20.0. The van der Waals surface area contributed by atoms with Gasteiger partial charge in [-0.3, -0.25) is 4.79 Å². The molecule has 1 aromatic heterocycles. The van der Waals surface area contributed by atoms with Gasteiger partial charge in [0.25, 0.3) is 0 Å². The highest BCUT2D eigenvalue weighted by atomic mass is 16.7. The molecule has 1 aliphatic heterocycles. The maximum Gasteiger partial charge on any atom is 0.308 e. The van der Waals surface area contributed by atoms with Gasteiger partial charge in [0.2, 0.25) is 0 Å². The molecular formula is C25H34N2O4. The third kappa shape index (κ3) is 8.38. The molecule has 1 fully saturated rings. The van der Waals surface area contributed by atoms with Crippen LogP contribution >= 0.6 is 0 Å². The zero-order valence-corrected chi connectivity index (χ0v) is 18.7. The number of unbranched alkanes of at least 4 members (excludes halogenated alkanes) is 3. The fourth-order valence-corrected chi connectivity index (χ4v) is 3.73. The predicted molar refractivity (Wildman–Crippen MR) is 120 cm³/mol. The van der Waals surface area contributed by atoms with Gasteiger partial charge < -0.3 is 14.2 Å². The van der Waals surface area contributed by atoms with Gasteiger partial charge in [0.05, 0.1) is 6.10 Å². The third-order valence-corrected chi connectivity index (χ3v) is 5.43. The summed E-state index contributed by atoms with van der Waals surface area (Å²) in [5, 5.41) is 0. The van der Waals surface area contributed by atoms with Gasteiger partial charge in [-0.25, -0.2) is 9.97 Å². The van der Waals surface area contributed by atoms with Crippen molar-refractivity contribution in [1.29, 1.82) is 0 Å². The Morgan fingerprint density at radius 3 is 2.52 bits per heavy atom. The Hall–Kier alpha value is -2.31. The molecule has 6 nitrogen and oxygen atoms in total. The molecule has 0 saturated carbocycles. The fraction of sp³-hybridized carbons (Fsp3) is 0.560. The van der Waals surface area contributed by atoms with Gasteiger partial charge in [-0.05, 0) is 75.3 Å².